The lowest BCUT2D eigenvalue weighted by Crippen LogP contribution is -2.19. The fourth-order valence-electron chi connectivity index (χ4n) is 3.69. The fraction of sp³-hybridized carbons (Fsp3) is 1.00. The summed E-state index contributed by atoms with van der Waals surface area (Å²) < 4.78 is 0. The molecule has 5 atom stereocenters. The molecule has 2 aliphatic rings. The van der Waals surface area contributed by atoms with E-state index >= 15 is 0 Å². The molecule has 1 heteroatoms. The average Bonchev–Trinajstić information content (AvgIpc) is 2.77. The van der Waals surface area contributed by atoms with Gasteiger partial charge in [-0.15, -0.1) is 11.6 Å². The maximum absolute atomic E-state index is 6.30. The van der Waals surface area contributed by atoms with E-state index in [0.717, 1.165) is 30.1 Å². The molecule has 0 aliphatic heterocycles. The van der Waals surface area contributed by atoms with Crippen molar-refractivity contribution in [1.29, 1.82) is 0 Å². The minimum atomic E-state index is 0.411. The maximum Gasteiger partial charge on any atom is 0.0359 e. The van der Waals surface area contributed by atoms with E-state index in [1.54, 1.807) is 0 Å². The summed E-state index contributed by atoms with van der Waals surface area (Å²) in [5.74, 6) is 3.92. The van der Waals surface area contributed by atoms with E-state index in [9.17, 15) is 0 Å². The number of halogens is 1. The third-order valence-corrected chi connectivity index (χ3v) is 5.31. The van der Waals surface area contributed by atoms with Gasteiger partial charge in [0.25, 0.3) is 0 Å². The van der Waals surface area contributed by atoms with Crippen molar-refractivity contribution >= 4 is 11.6 Å². The number of hydrogen-bond acceptors (Lipinski definition) is 0. The smallest absolute Gasteiger partial charge is 0.0359 e. The van der Waals surface area contributed by atoms with E-state index in [1.165, 1.54) is 32.1 Å². The summed E-state index contributed by atoms with van der Waals surface area (Å²) in [5.41, 5.74) is 0. The highest BCUT2D eigenvalue weighted by atomic mass is 35.5. The SMILES string of the molecule is CCC(Cl)C(C)CC1CC2CCC1C2. The molecule has 14 heavy (non-hydrogen) atoms. The van der Waals surface area contributed by atoms with E-state index < -0.39 is 0 Å². The van der Waals surface area contributed by atoms with Gasteiger partial charge in [-0.25, -0.2) is 0 Å². The second-order valence-electron chi connectivity index (χ2n) is 5.57. The lowest BCUT2D eigenvalue weighted by atomic mass is 9.81. The van der Waals surface area contributed by atoms with Gasteiger partial charge in [-0.1, -0.05) is 20.3 Å². The lowest BCUT2D eigenvalue weighted by molar-refractivity contribution is 0.270. The van der Waals surface area contributed by atoms with Crippen molar-refractivity contribution in [1.82, 2.24) is 0 Å². The third kappa shape index (κ3) is 2.10. The molecule has 5 unspecified atom stereocenters. The van der Waals surface area contributed by atoms with E-state index in [2.05, 4.69) is 13.8 Å². The van der Waals surface area contributed by atoms with Gasteiger partial charge in [-0.05, 0) is 55.8 Å². The number of alkyl halides is 1. The second-order valence-corrected chi connectivity index (χ2v) is 6.13. The topological polar surface area (TPSA) is 0 Å². The molecule has 0 saturated heterocycles. The summed E-state index contributed by atoms with van der Waals surface area (Å²) in [5, 5.41) is 0.411. The molecule has 0 aromatic carbocycles. The Labute approximate surface area is 93.4 Å². The molecule has 0 N–H and O–H groups in total. The predicted molar refractivity (Wildman–Crippen MR) is 62.7 cm³/mol. The standard InChI is InChI=1S/C13H23Cl/c1-3-13(14)9(2)6-12-8-10-4-5-11(12)7-10/h9-13H,3-8H2,1-2H3. The molecule has 2 fully saturated rings. The zero-order chi connectivity index (χ0) is 10.1. The zero-order valence-corrected chi connectivity index (χ0v) is 10.3. The van der Waals surface area contributed by atoms with Crippen LogP contribution in [-0.4, -0.2) is 5.38 Å². The highest BCUT2D eigenvalue weighted by Crippen LogP contribution is 2.50. The second kappa shape index (κ2) is 4.43. The maximum atomic E-state index is 6.30. The molecule has 2 saturated carbocycles. The van der Waals surface area contributed by atoms with Gasteiger partial charge in [-0.3, -0.25) is 0 Å². The van der Waals surface area contributed by atoms with E-state index in [-0.39, 0.29) is 0 Å². The molecule has 0 amide bonds. The molecule has 2 aliphatic carbocycles. The summed E-state index contributed by atoms with van der Waals surface area (Å²) in [6, 6.07) is 0. The first-order valence-corrected chi connectivity index (χ1v) is 6.78. The van der Waals surface area contributed by atoms with Gasteiger partial charge >= 0.3 is 0 Å². The van der Waals surface area contributed by atoms with Crippen molar-refractivity contribution in [3.05, 3.63) is 0 Å². The molecule has 2 rings (SSSR count). The molecular formula is C13H23Cl. The fourth-order valence-corrected chi connectivity index (χ4v) is 3.80. The average molecular weight is 215 g/mol. The molecular weight excluding hydrogens is 192 g/mol. The molecule has 2 bridgehead atoms. The molecule has 0 spiro atoms. The van der Waals surface area contributed by atoms with Gasteiger partial charge in [0.1, 0.15) is 0 Å². The largest absolute Gasteiger partial charge is 0.123 e. The molecule has 0 aromatic rings. The summed E-state index contributed by atoms with van der Waals surface area (Å²) in [7, 11) is 0. The summed E-state index contributed by atoms with van der Waals surface area (Å²) in [6.45, 7) is 4.54. The Morgan fingerprint density at radius 1 is 1.29 bits per heavy atom. The Morgan fingerprint density at radius 2 is 2.07 bits per heavy atom. The van der Waals surface area contributed by atoms with E-state index in [4.69, 9.17) is 11.6 Å². The van der Waals surface area contributed by atoms with Crippen LogP contribution in [0.1, 0.15) is 52.4 Å². The van der Waals surface area contributed by atoms with Crippen molar-refractivity contribution in [2.24, 2.45) is 23.7 Å². The number of fused-ring (bicyclic) bond motifs is 2. The third-order valence-electron chi connectivity index (χ3n) is 4.57. The molecule has 0 nitrogen and oxygen atoms in total. The molecule has 0 aromatic heterocycles. The van der Waals surface area contributed by atoms with Gasteiger partial charge in [0.15, 0.2) is 0 Å². The van der Waals surface area contributed by atoms with Crippen LogP contribution in [-0.2, 0) is 0 Å². The summed E-state index contributed by atoms with van der Waals surface area (Å²) >= 11 is 6.30. The Hall–Kier alpha value is 0.290. The van der Waals surface area contributed by atoms with Crippen LogP contribution in [0.15, 0.2) is 0 Å². The first kappa shape index (κ1) is 10.8. The van der Waals surface area contributed by atoms with Crippen LogP contribution < -0.4 is 0 Å². The minimum Gasteiger partial charge on any atom is -0.123 e. The first-order valence-electron chi connectivity index (χ1n) is 6.34. The minimum absolute atomic E-state index is 0.411. The quantitative estimate of drug-likeness (QED) is 0.606. The van der Waals surface area contributed by atoms with Gasteiger partial charge in [0.05, 0.1) is 0 Å². The van der Waals surface area contributed by atoms with Crippen LogP contribution >= 0.6 is 11.6 Å². The van der Waals surface area contributed by atoms with Crippen LogP contribution in [0.25, 0.3) is 0 Å². The van der Waals surface area contributed by atoms with Gasteiger partial charge in [0, 0.05) is 5.38 Å². The van der Waals surface area contributed by atoms with Gasteiger partial charge in [0.2, 0.25) is 0 Å². The molecule has 0 radical (unpaired) electrons. The van der Waals surface area contributed by atoms with Crippen LogP contribution in [0.5, 0.6) is 0 Å². The van der Waals surface area contributed by atoms with Crippen molar-refractivity contribution < 1.29 is 0 Å². The van der Waals surface area contributed by atoms with Crippen LogP contribution in [0, 0.1) is 23.7 Å². The highest BCUT2D eigenvalue weighted by Gasteiger charge is 2.39. The van der Waals surface area contributed by atoms with Crippen molar-refractivity contribution in [3.8, 4) is 0 Å². The van der Waals surface area contributed by atoms with Gasteiger partial charge < -0.3 is 0 Å². The van der Waals surface area contributed by atoms with Crippen molar-refractivity contribution in [2.45, 2.75) is 57.7 Å². The van der Waals surface area contributed by atoms with E-state index in [0.29, 0.717) is 5.38 Å². The Kier molecular flexibility index (Phi) is 3.42. The summed E-state index contributed by atoms with van der Waals surface area (Å²) in [4.78, 5) is 0. The zero-order valence-electron chi connectivity index (χ0n) is 9.51. The molecule has 82 valence electrons. The highest BCUT2D eigenvalue weighted by molar-refractivity contribution is 6.20. The van der Waals surface area contributed by atoms with Gasteiger partial charge in [-0.2, -0.15) is 0 Å². The van der Waals surface area contributed by atoms with Crippen LogP contribution in [0.4, 0.5) is 0 Å². The Balaban J connectivity index is 1.80. The van der Waals surface area contributed by atoms with E-state index in [1.807, 2.05) is 0 Å². The molecule has 0 heterocycles. The van der Waals surface area contributed by atoms with Crippen LogP contribution in [0.2, 0.25) is 0 Å². The predicted octanol–water partition coefficient (Wildman–Crippen LogP) is 4.47. The Morgan fingerprint density at radius 3 is 2.57 bits per heavy atom. The van der Waals surface area contributed by atoms with Crippen LogP contribution in [0.3, 0.4) is 0 Å². The Bertz CT molecular complexity index is 190. The first-order chi connectivity index (χ1) is 6.70. The number of rotatable bonds is 4. The number of hydrogen-bond donors (Lipinski definition) is 0. The van der Waals surface area contributed by atoms with Crippen molar-refractivity contribution in [3.63, 3.8) is 0 Å². The normalized spacial score (nSPS) is 40.1. The summed E-state index contributed by atoms with van der Waals surface area (Å²) in [6.07, 6.45) is 8.61. The lowest BCUT2D eigenvalue weighted by Gasteiger charge is -2.26. The monoisotopic (exact) mass is 214 g/mol. The van der Waals surface area contributed by atoms with Crippen molar-refractivity contribution in [2.75, 3.05) is 0 Å².